The van der Waals surface area contributed by atoms with E-state index < -0.39 is 10.8 Å². The number of carbonyl (C=O) groups excluding carboxylic acids is 1. The number of rotatable bonds is 2. The molecule has 2 fully saturated rings. The summed E-state index contributed by atoms with van der Waals surface area (Å²) in [5.41, 5.74) is 1.47. The minimum absolute atomic E-state index is 0.0121. The van der Waals surface area contributed by atoms with Crippen molar-refractivity contribution in [2.24, 2.45) is 5.92 Å². The summed E-state index contributed by atoms with van der Waals surface area (Å²) < 4.78 is 14.1. The van der Waals surface area contributed by atoms with E-state index in [1.54, 1.807) is 6.20 Å². The van der Waals surface area contributed by atoms with Crippen molar-refractivity contribution in [2.75, 3.05) is 0 Å². The van der Waals surface area contributed by atoms with Gasteiger partial charge >= 0.3 is 0 Å². The second kappa shape index (κ2) is 5.05. The predicted octanol–water partition coefficient (Wildman–Crippen LogP) is 2.60. The van der Waals surface area contributed by atoms with Crippen molar-refractivity contribution < 1.29 is 9.00 Å². The quantitative estimate of drug-likeness (QED) is 0.801. The van der Waals surface area contributed by atoms with Gasteiger partial charge in [0.25, 0.3) is 0 Å². The SMILES string of the molecule is O=C(c1cnc2ccccn12)C1CC2CCCC(C1)S2=O. The summed E-state index contributed by atoms with van der Waals surface area (Å²) in [5, 5.41) is 0.455. The molecule has 0 amide bonds. The minimum Gasteiger partial charge on any atom is -0.297 e. The number of ketones is 1. The van der Waals surface area contributed by atoms with E-state index in [4.69, 9.17) is 0 Å². The first-order chi connectivity index (χ1) is 10.2. The molecule has 21 heavy (non-hydrogen) atoms. The number of imidazole rings is 1. The van der Waals surface area contributed by atoms with Gasteiger partial charge in [-0.15, -0.1) is 0 Å². The summed E-state index contributed by atoms with van der Waals surface area (Å²) in [5.74, 6) is 0.181. The Morgan fingerprint density at radius 1 is 1.24 bits per heavy atom. The van der Waals surface area contributed by atoms with E-state index in [-0.39, 0.29) is 22.2 Å². The zero-order valence-electron chi connectivity index (χ0n) is 11.8. The maximum Gasteiger partial charge on any atom is 0.184 e. The van der Waals surface area contributed by atoms with Gasteiger partial charge in [-0.05, 0) is 37.8 Å². The molecule has 0 aromatic carbocycles. The Labute approximate surface area is 126 Å². The predicted molar refractivity (Wildman–Crippen MR) is 81.8 cm³/mol. The van der Waals surface area contributed by atoms with Crippen LogP contribution >= 0.6 is 0 Å². The molecular formula is C16H18N2O2S. The van der Waals surface area contributed by atoms with Gasteiger partial charge in [-0.2, -0.15) is 0 Å². The molecule has 2 aromatic heterocycles. The first-order valence-corrected chi connectivity index (χ1v) is 8.87. The first kappa shape index (κ1) is 13.2. The number of fused-ring (bicyclic) bond motifs is 3. The molecule has 2 aliphatic rings. The summed E-state index contributed by atoms with van der Waals surface area (Å²) in [6.45, 7) is 0. The van der Waals surface area contributed by atoms with E-state index >= 15 is 0 Å². The van der Waals surface area contributed by atoms with Crippen LogP contribution in [0.1, 0.15) is 42.6 Å². The normalized spacial score (nSPS) is 32.2. The fourth-order valence-electron chi connectivity index (χ4n) is 3.77. The van der Waals surface area contributed by atoms with Crippen molar-refractivity contribution in [1.82, 2.24) is 9.38 Å². The Hall–Kier alpha value is -1.49. The molecule has 2 bridgehead atoms. The number of pyridine rings is 1. The van der Waals surface area contributed by atoms with Gasteiger partial charge in [0.2, 0.25) is 0 Å². The highest BCUT2D eigenvalue weighted by atomic mass is 32.2. The van der Waals surface area contributed by atoms with Crippen molar-refractivity contribution in [3.05, 3.63) is 36.3 Å². The molecule has 4 rings (SSSR count). The molecule has 0 aliphatic carbocycles. The molecule has 2 saturated heterocycles. The van der Waals surface area contributed by atoms with E-state index in [0.717, 1.165) is 37.8 Å². The van der Waals surface area contributed by atoms with Crippen LogP contribution in [0.25, 0.3) is 5.65 Å². The first-order valence-electron chi connectivity index (χ1n) is 7.59. The minimum atomic E-state index is -0.722. The van der Waals surface area contributed by atoms with Crippen LogP contribution in [0.5, 0.6) is 0 Å². The smallest absolute Gasteiger partial charge is 0.184 e. The van der Waals surface area contributed by atoms with Gasteiger partial charge in [0.1, 0.15) is 11.3 Å². The highest BCUT2D eigenvalue weighted by Crippen LogP contribution is 2.38. The lowest BCUT2D eigenvalue weighted by atomic mass is 9.86. The molecule has 2 aliphatic heterocycles. The van der Waals surface area contributed by atoms with Crippen LogP contribution in [0.4, 0.5) is 0 Å². The standard InChI is InChI=1S/C16H18N2O2S/c19-16(14-10-17-15-6-1-2-7-18(14)15)11-8-12-4-3-5-13(9-11)21(12)20/h1-2,6-7,10-13H,3-5,8-9H2. The van der Waals surface area contributed by atoms with E-state index in [0.29, 0.717) is 5.69 Å². The van der Waals surface area contributed by atoms with Gasteiger partial charge in [-0.3, -0.25) is 13.4 Å². The lowest BCUT2D eigenvalue weighted by Crippen LogP contribution is -2.41. The van der Waals surface area contributed by atoms with Crippen molar-refractivity contribution >= 4 is 22.2 Å². The molecule has 2 atom stereocenters. The maximum absolute atomic E-state index is 12.9. The average Bonchev–Trinajstić information content (AvgIpc) is 2.90. The molecule has 0 N–H and O–H groups in total. The summed E-state index contributed by atoms with van der Waals surface area (Å²) in [4.78, 5) is 17.2. The van der Waals surface area contributed by atoms with Gasteiger partial charge < -0.3 is 0 Å². The molecular weight excluding hydrogens is 284 g/mol. The van der Waals surface area contributed by atoms with E-state index in [9.17, 15) is 9.00 Å². The highest BCUT2D eigenvalue weighted by Gasteiger charge is 2.41. The van der Waals surface area contributed by atoms with Crippen LogP contribution in [0.15, 0.2) is 30.6 Å². The zero-order chi connectivity index (χ0) is 14.4. The Bertz CT molecular complexity index is 708. The molecule has 0 saturated carbocycles. The molecule has 0 spiro atoms. The van der Waals surface area contributed by atoms with E-state index in [1.165, 1.54) is 0 Å². The van der Waals surface area contributed by atoms with Crippen LogP contribution in [-0.2, 0) is 10.8 Å². The number of nitrogens with zero attached hydrogens (tertiary/aromatic N) is 2. The number of aromatic nitrogens is 2. The molecule has 2 unspecified atom stereocenters. The van der Waals surface area contributed by atoms with Crippen molar-refractivity contribution in [2.45, 2.75) is 42.6 Å². The van der Waals surface area contributed by atoms with Crippen LogP contribution in [-0.4, -0.2) is 29.9 Å². The molecule has 4 heterocycles. The van der Waals surface area contributed by atoms with Crippen molar-refractivity contribution in [3.8, 4) is 0 Å². The molecule has 4 nitrogen and oxygen atoms in total. The second-order valence-electron chi connectivity index (χ2n) is 6.11. The molecule has 5 heteroatoms. The van der Waals surface area contributed by atoms with Crippen LogP contribution in [0.3, 0.4) is 0 Å². The largest absolute Gasteiger partial charge is 0.297 e. The molecule has 2 aromatic rings. The van der Waals surface area contributed by atoms with Crippen LogP contribution < -0.4 is 0 Å². The topological polar surface area (TPSA) is 51.4 Å². The fraction of sp³-hybridized carbons (Fsp3) is 0.500. The van der Waals surface area contributed by atoms with Crippen LogP contribution in [0, 0.1) is 5.92 Å². The summed E-state index contributed by atoms with van der Waals surface area (Å²) in [6.07, 6.45) is 8.32. The lowest BCUT2D eigenvalue weighted by Gasteiger charge is -2.37. The van der Waals surface area contributed by atoms with E-state index in [2.05, 4.69) is 4.98 Å². The van der Waals surface area contributed by atoms with Crippen molar-refractivity contribution in [1.29, 1.82) is 0 Å². The van der Waals surface area contributed by atoms with Crippen LogP contribution in [0.2, 0.25) is 0 Å². The van der Waals surface area contributed by atoms with Gasteiger partial charge in [0.05, 0.1) is 6.20 Å². The maximum atomic E-state index is 12.9. The number of hydrogen-bond acceptors (Lipinski definition) is 3. The Morgan fingerprint density at radius 3 is 2.76 bits per heavy atom. The Morgan fingerprint density at radius 2 is 2.00 bits per heavy atom. The van der Waals surface area contributed by atoms with Gasteiger partial charge in [-0.1, -0.05) is 12.5 Å². The third kappa shape index (κ3) is 2.14. The van der Waals surface area contributed by atoms with Gasteiger partial charge in [0.15, 0.2) is 5.78 Å². The average molecular weight is 302 g/mol. The highest BCUT2D eigenvalue weighted by molar-refractivity contribution is 7.86. The third-order valence-corrected chi connectivity index (χ3v) is 7.01. The summed E-state index contributed by atoms with van der Waals surface area (Å²) in [7, 11) is -0.722. The zero-order valence-corrected chi connectivity index (χ0v) is 12.6. The number of carbonyl (C=O) groups is 1. The second-order valence-corrected chi connectivity index (χ2v) is 8.10. The van der Waals surface area contributed by atoms with Gasteiger partial charge in [0, 0.05) is 33.4 Å². The monoisotopic (exact) mass is 302 g/mol. The van der Waals surface area contributed by atoms with Gasteiger partial charge in [-0.25, -0.2) is 4.98 Å². The molecule has 0 radical (unpaired) electrons. The Balaban J connectivity index is 1.65. The van der Waals surface area contributed by atoms with E-state index in [1.807, 2.05) is 28.8 Å². The lowest BCUT2D eigenvalue weighted by molar-refractivity contribution is 0.0889. The summed E-state index contributed by atoms with van der Waals surface area (Å²) >= 11 is 0. The Kier molecular flexibility index (Phi) is 3.17. The number of Topliss-reactive ketones (excluding diaryl/α,β-unsaturated/α-hetero) is 1. The number of hydrogen-bond donors (Lipinski definition) is 0. The fourth-order valence-corrected chi connectivity index (χ4v) is 5.96. The summed E-state index contributed by atoms with van der Waals surface area (Å²) in [6, 6.07) is 5.74. The third-order valence-electron chi connectivity index (χ3n) is 4.84. The molecule has 110 valence electrons. The van der Waals surface area contributed by atoms with Crippen molar-refractivity contribution in [3.63, 3.8) is 0 Å².